The summed E-state index contributed by atoms with van der Waals surface area (Å²) < 4.78 is 0. The molecule has 0 aromatic heterocycles. The Morgan fingerprint density at radius 3 is 2.43 bits per heavy atom. The van der Waals surface area contributed by atoms with E-state index in [1.807, 2.05) is 0 Å². The third kappa shape index (κ3) is 7.60. The molecule has 6 heterocycles. The Morgan fingerprint density at radius 1 is 0.855 bits per heavy atom. The minimum absolute atomic E-state index is 0.135. The Bertz CT molecular complexity index is 2980. The van der Waals surface area contributed by atoms with Crippen molar-refractivity contribution >= 4 is 23.2 Å². The number of dihydropyridines is 1. The molecule has 2 aromatic rings. The first-order chi connectivity index (χ1) is 36.7. The van der Waals surface area contributed by atoms with Crippen molar-refractivity contribution in [2.45, 2.75) is 181 Å². The van der Waals surface area contributed by atoms with Crippen molar-refractivity contribution in [2.75, 3.05) is 13.1 Å². The number of nitrogens with one attached hydrogen (secondary N) is 2. The van der Waals surface area contributed by atoms with Gasteiger partial charge in [-0.1, -0.05) is 162 Å². The number of carbonyl (C=O) groups is 1. The van der Waals surface area contributed by atoms with Crippen LogP contribution in [0.5, 0.6) is 0 Å². The van der Waals surface area contributed by atoms with Gasteiger partial charge in [-0.05, 0) is 189 Å². The Hall–Kier alpha value is -4.39. The van der Waals surface area contributed by atoms with Crippen molar-refractivity contribution in [1.29, 1.82) is 0 Å². The van der Waals surface area contributed by atoms with Crippen LogP contribution in [0, 0.1) is 74.4 Å². The smallest absolute Gasteiger partial charge is 0.306 e. The van der Waals surface area contributed by atoms with Crippen LogP contribution in [0.25, 0.3) is 17.2 Å². The highest BCUT2D eigenvalue weighted by molar-refractivity contribution is 5.78. The molecule has 12 atom stereocenters. The summed E-state index contributed by atoms with van der Waals surface area (Å²) in [5.74, 6) is 1.57. The fraction of sp³-hybridized carbons (Fsp3) is 0.614. The van der Waals surface area contributed by atoms with E-state index < -0.39 is 18.0 Å². The number of aliphatic hydroxyl groups is 2. The molecule has 4 fully saturated rings. The van der Waals surface area contributed by atoms with E-state index in [1.54, 1.807) is 16.7 Å². The molecule has 4 saturated carbocycles. The lowest BCUT2D eigenvalue weighted by atomic mass is 9.29. The molecule has 17 rings (SSSR count). The molecule has 404 valence electrons. The second-order valence-corrected chi connectivity index (χ2v) is 27.9. The van der Waals surface area contributed by atoms with Gasteiger partial charge in [0.2, 0.25) is 0 Å². The van der Waals surface area contributed by atoms with Gasteiger partial charge in [-0.15, -0.1) is 0 Å². The number of carboxylic acids is 1. The first kappa shape index (κ1) is 51.1. The molecule has 6 aliphatic heterocycles. The lowest BCUT2D eigenvalue weighted by molar-refractivity contribution is -0.167. The summed E-state index contributed by atoms with van der Waals surface area (Å²) in [5.41, 5.74) is 11.5. The first-order valence-corrected chi connectivity index (χ1v) is 30.9. The average molecular weight is 1020 g/mol. The Labute approximate surface area is 455 Å². The van der Waals surface area contributed by atoms with Crippen LogP contribution in [0.2, 0.25) is 0 Å². The van der Waals surface area contributed by atoms with Gasteiger partial charge in [0.1, 0.15) is 0 Å². The quantitative estimate of drug-likeness (QED) is 0.191. The normalized spacial score (nSPS) is 39.4. The zero-order valence-corrected chi connectivity index (χ0v) is 46.7. The zero-order chi connectivity index (χ0) is 52.4. The van der Waals surface area contributed by atoms with Gasteiger partial charge in [-0.2, -0.15) is 0 Å². The maximum Gasteiger partial charge on any atom is 0.306 e. The molecule has 0 amide bonds. The highest BCUT2D eigenvalue weighted by Crippen LogP contribution is 2.83. The van der Waals surface area contributed by atoms with Crippen molar-refractivity contribution in [3.63, 3.8) is 0 Å². The van der Waals surface area contributed by atoms with Crippen LogP contribution in [0.3, 0.4) is 0 Å². The van der Waals surface area contributed by atoms with Gasteiger partial charge in [-0.25, -0.2) is 0 Å². The van der Waals surface area contributed by atoms with Crippen molar-refractivity contribution < 1.29 is 20.1 Å². The summed E-state index contributed by atoms with van der Waals surface area (Å²) in [6.45, 7) is 16.3. The van der Waals surface area contributed by atoms with Crippen molar-refractivity contribution in [3.05, 3.63) is 135 Å². The van der Waals surface area contributed by atoms with Crippen LogP contribution in [-0.2, 0) is 11.2 Å². The average Bonchev–Trinajstić information content (AvgIpc) is 4.19. The number of aliphatic hydroxyl groups excluding tert-OH is 2. The van der Waals surface area contributed by atoms with E-state index in [2.05, 4.69) is 117 Å². The molecule has 15 aliphatic rings. The van der Waals surface area contributed by atoms with E-state index in [4.69, 9.17) is 6.58 Å². The number of hydrogen-bond acceptors (Lipinski definition) is 5. The molecule has 0 saturated heterocycles. The van der Waals surface area contributed by atoms with E-state index in [1.165, 1.54) is 88.8 Å². The fourth-order valence-corrected chi connectivity index (χ4v) is 21.2. The second kappa shape index (κ2) is 19.2. The van der Waals surface area contributed by atoms with E-state index in [-0.39, 0.29) is 50.9 Å². The molecule has 9 aliphatic carbocycles. The molecule has 76 heavy (non-hydrogen) atoms. The van der Waals surface area contributed by atoms with E-state index >= 15 is 0 Å². The summed E-state index contributed by atoms with van der Waals surface area (Å²) in [4.78, 5) is 14.3. The van der Waals surface area contributed by atoms with Crippen LogP contribution in [0.1, 0.15) is 174 Å². The predicted octanol–water partition coefficient (Wildman–Crippen LogP) is 13.1. The third-order valence-electron chi connectivity index (χ3n) is 24.0. The highest BCUT2D eigenvalue weighted by Gasteiger charge is 2.76. The molecular formula is C70H90N2O4. The molecule has 2 spiro atoms. The molecular weight excluding hydrogens is 933 g/mol. The Morgan fingerprint density at radius 2 is 1.66 bits per heavy atom. The van der Waals surface area contributed by atoms with E-state index in [0.717, 1.165) is 96.0 Å². The van der Waals surface area contributed by atoms with Crippen LogP contribution in [0.4, 0.5) is 0 Å². The van der Waals surface area contributed by atoms with Gasteiger partial charge in [0.15, 0.2) is 0 Å². The first-order valence-electron chi connectivity index (χ1n) is 30.9. The number of aliphatic carboxylic acids is 1. The number of allylic oxidation sites excluding steroid dienone is 9. The Balaban J connectivity index is 1.04. The summed E-state index contributed by atoms with van der Waals surface area (Å²) in [6.07, 6.45) is 34.0. The van der Waals surface area contributed by atoms with Gasteiger partial charge in [0.05, 0.1) is 23.9 Å². The molecule has 14 bridgehead atoms. The number of hydrogen-bond donors (Lipinski definition) is 5. The van der Waals surface area contributed by atoms with E-state index in [9.17, 15) is 20.1 Å². The molecule has 5 N–H and O–H groups in total. The topological polar surface area (TPSA) is 102 Å². The van der Waals surface area contributed by atoms with Crippen LogP contribution < -0.4 is 21.1 Å². The molecule has 6 heteroatoms. The summed E-state index contributed by atoms with van der Waals surface area (Å²) >= 11 is 0. The fourth-order valence-electron chi connectivity index (χ4n) is 21.2. The van der Waals surface area contributed by atoms with Gasteiger partial charge < -0.3 is 26.0 Å². The minimum Gasteiger partial charge on any atom is -0.481 e. The van der Waals surface area contributed by atoms with Crippen LogP contribution in [-0.4, -0.2) is 46.6 Å². The van der Waals surface area contributed by atoms with Gasteiger partial charge in [0, 0.05) is 46.6 Å². The monoisotopic (exact) mass is 1020 g/mol. The lowest BCUT2D eigenvalue weighted by Crippen LogP contribution is -2.69. The summed E-state index contributed by atoms with van der Waals surface area (Å²) in [6, 6.07) is 18.7. The predicted molar refractivity (Wildman–Crippen MR) is 307 cm³/mol. The molecule has 2 aromatic carbocycles. The standard InChI is InChI=1S/C70H90N2O4/c1-43(2)35-51-28-31-66(4)61(74)30-33-69-57-29-32-67(5)63-54(64(75)76)26-24-44(3)52(46-16-7-6-8-17-46)23-14-34-71-62-27-25-49(42-72-62)47-19-13-15-45(36-47)37-55-53-22-12-9-18-48(53)38-58(69)56(55)39-68(51,65(66)69)40-59(57)70(67,41-60(63)73)50-20-10-11-21-50/h9,12-13,15,18-19,22,25,27-28,36,38-39,43,46,50,52,54,58,60-61,63,65,71-74H,3,6-8,10-11,14,16-17,20-21,23-24,26,29-35,37,40-42H2,1-2,4-5H3,(H,75,76)/t52-,54-,58+,60-,61+,63+,65-,66-,67-,68-,69-,70-/m1/s1. The zero-order valence-electron chi connectivity index (χ0n) is 46.7. The van der Waals surface area contributed by atoms with Crippen molar-refractivity contribution in [2.24, 2.45) is 74.4 Å². The second-order valence-electron chi connectivity index (χ2n) is 27.9. The molecule has 6 nitrogen and oxygen atoms in total. The SMILES string of the molecule is C=C1CC[C@@H](C(=O)O)[C@H]2[C@H](O)C[C@@]3(C4CCCC4)C4=C(CC[C@]23C)[C@]23CC[C@H](O)[C@@]5(C)CC=C(CC(C)C)[C@@](C=C6C(=c7ccccc7=C[C@@H]62)Cc2cccc(c2)C2=CC=C(NCCC[C@H]1C1CCCCC1)NC2)(C4)[C@@H]53. The number of fused-ring (bicyclic) bond motifs is 1. The largest absolute Gasteiger partial charge is 0.481 e. The minimum atomic E-state index is -0.724. The molecule has 0 radical (unpaired) electrons. The maximum absolute atomic E-state index is 14.3. The van der Waals surface area contributed by atoms with Crippen molar-refractivity contribution in [3.8, 4) is 0 Å². The van der Waals surface area contributed by atoms with Gasteiger partial charge in [0.25, 0.3) is 0 Å². The van der Waals surface area contributed by atoms with Gasteiger partial charge >= 0.3 is 5.97 Å². The summed E-state index contributed by atoms with van der Waals surface area (Å²) in [5, 5.41) is 47.9. The van der Waals surface area contributed by atoms with E-state index in [0.29, 0.717) is 42.9 Å². The highest BCUT2D eigenvalue weighted by atomic mass is 16.4. The summed E-state index contributed by atoms with van der Waals surface area (Å²) in [7, 11) is 0. The van der Waals surface area contributed by atoms with Gasteiger partial charge in [-0.3, -0.25) is 4.79 Å². The molecule has 0 unspecified atom stereocenters. The maximum atomic E-state index is 14.3. The Kier molecular flexibility index (Phi) is 12.9. The number of benzene rings is 2. The van der Waals surface area contributed by atoms with Crippen LogP contribution in [0.15, 0.2) is 113 Å². The van der Waals surface area contributed by atoms with Crippen molar-refractivity contribution in [1.82, 2.24) is 10.6 Å². The third-order valence-corrected chi connectivity index (χ3v) is 24.0. The number of rotatable bonds is 5. The number of carboxylic acid groups (broad SMARTS) is 1. The van der Waals surface area contributed by atoms with Crippen LogP contribution >= 0.6 is 0 Å². The lowest BCUT2D eigenvalue weighted by Gasteiger charge is -2.74.